The second-order valence-corrected chi connectivity index (χ2v) is 12.0. The van der Waals surface area contributed by atoms with Gasteiger partial charge in [-0.2, -0.15) is 0 Å². The summed E-state index contributed by atoms with van der Waals surface area (Å²) in [5.41, 5.74) is 9.89. The maximum Gasteiger partial charge on any atom is 0.201 e. The minimum absolute atomic E-state index is 0.764. The molecule has 47 heavy (non-hydrogen) atoms. The number of anilines is 4. The summed E-state index contributed by atoms with van der Waals surface area (Å²) in [5.74, 6) is 0.821. The third kappa shape index (κ3) is 4.00. The third-order valence-corrected chi connectivity index (χ3v) is 9.31. The van der Waals surface area contributed by atoms with Crippen LogP contribution in [0.15, 0.2) is 149 Å². The number of nitrogens with zero attached hydrogens (tertiary/aromatic N) is 2. The van der Waals surface area contributed by atoms with E-state index in [2.05, 4.69) is 130 Å². The molecular formula is C42H27N3O2. The van der Waals surface area contributed by atoms with E-state index in [0.717, 1.165) is 79.2 Å². The number of hydrogen-bond acceptors (Lipinski definition) is 5. The Balaban J connectivity index is 1.20. The molecule has 0 fully saturated rings. The van der Waals surface area contributed by atoms with Crippen LogP contribution in [0.4, 0.5) is 22.9 Å². The second-order valence-electron chi connectivity index (χ2n) is 12.0. The highest BCUT2D eigenvalue weighted by Gasteiger charge is 2.21. The van der Waals surface area contributed by atoms with Crippen molar-refractivity contribution in [2.45, 2.75) is 0 Å². The highest BCUT2D eigenvalue weighted by Crippen LogP contribution is 2.45. The van der Waals surface area contributed by atoms with Crippen LogP contribution in [0.3, 0.4) is 0 Å². The first-order valence-corrected chi connectivity index (χ1v) is 15.8. The van der Waals surface area contributed by atoms with Crippen molar-refractivity contribution in [2.75, 3.05) is 16.8 Å². The molecule has 9 aromatic rings. The Hall–Kier alpha value is -6.33. The molecule has 5 nitrogen and oxygen atoms in total. The van der Waals surface area contributed by atoms with Crippen LogP contribution in [0.1, 0.15) is 5.56 Å². The van der Waals surface area contributed by atoms with E-state index >= 15 is 0 Å². The van der Waals surface area contributed by atoms with Gasteiger partial charge in [-0.15, -0.1) is 0 Å². The van der Waals surface area contributed by atoms with E-state index in [-0.39, 0.29) is 0 Å². The summed E-state index contributed by atoms with van der Waals surface area (Å²) >= 11 is 0. The first-order chi connectivity index (χ1) is 23.3. The van der Waals surface area contributed by atoms with E-state index in [9.17, 15) is 0 Å². The first-order valence-electron chi connectivity index (χ1n) is 15.8. The SMILES string of the molecule is C1=Cc2c(oc3ccc(N(c4ccc(-c5cccc6oc7cccnc7c56)cc4)c4cc5ccccc5c5ccccc45)cc23)NC1. The number of nitrogens with one attached hydrogen (secondary N) is 1. The maximum absolute atomic E-state index is 6.19. The molecule has 4 heterocycles. The van der Waals surface area contributed by atoms with Crippen LogP contribution in [-0.2, 0) is 0 Å². The molecule has 0 spiro atoms. The van der Waals surface area contributed by atoms with Gasteiger partial charge in [0.25, 0.3) is 0 Å². The van der Waals surface area contributed by atoms with E-state index in [4.69, 9.17) is 8.83 Å². The fourth-order valence-corrected chi connectivity index (χ4v) is 7.19. The van der Waals surface area contributed by atoms with Gasteiger partial charge in [0.1, 0.15) is 16.7 Å². The summed E-state index contributed by atoms with van der Waals surface area (Å²) in [6.45, 7) is 0.764. The lowest BCUT2D eigenvalue weighted by molar-refractivity contribution is 0.628. The average molecular weight is 606 g/mol. The third-order valence-electron chi connectivity index (χ3n) is 9.31. The molecule has 1 aliphatic rings. The molecule has 0 atom stereocenters. The molecular weight excluding hydrogens is 578 g/mol. The number of rotatable bonds is 4. The molecule has 0 saturated heterocycles. The van der Waals surface area contributed by atoms with Gasteiger partial charge < -0.3 is 19.1 Å². The Bertz CT molecular complexity index is 2700. The van der Waals surface area contributed by atoms with Gasteiger partial charge in [0, 0.05) is 40.5 Å². The fraction of sp³-hybridized carbons (Fsp3) is 0.0238. The molecule has 3 aromatic heterocycles. The Labute approximate surface area is 270 Å². The monoisotopic (exact) mass is 605 g/mol. The Morgan fingerprint density at radius 3 is 2.34 bits per heavy atom. The van der Waals surface area contributed by atoms with Gasteiger partial charge in [-0.25, -0.2) is 0 Å². The van der Waals surface area contributed by atoms with Crippen LogP contribution >= 0.6 is 0 Å². The highest BCUT2D eigenvalue weighted by molar-refractivity contribution is 6.15. The summed E-state index contributed by atoms with van der Waals surface area (Å²) < 4.78 is 12.3. The lowest BCUT2D eigenvalue weighted by atomic mass is 9.98. The Morgan fingerprint density at radius 1 is 0.617 bits per heavy atom. The topological polar surface area (TPSA) is 54.4 Å². The van der Waals surface area contributed by atoms with Crippen molar-refractivity contribution in [3.63, 3.8) is 0 Å². The predicted molar refractivity (Wildman–Crippen MR) is 194 cm³/mol. The number of pyridine rings is 1. The van der Waals surface area contributed by atoms with E-state index in [1.807, 2.05) is 30.5 Å². The van der Waals surface area contributed by atoms with Gasteiger partial charge in [0.2, 0.25) is 5.88 Å². The Kier molecular flexibility index (Phi) is 5.57. The molecule has 222 valence electrons. The fourth-order valence-electron chi connectivity index (χ4n) is 7.19. The van der Waals surface area contributed by atoms with Crippen molar-refractivity contribution in [3.8, 4) is 11.1 Å². The summed E-state index contributed by atoms with van der Waals surface area (Å²) in [5, 5.41) is 10.3. The van der Waals surface area contributed by atoms with E-state index < -0.39 is 0 Å². The molecule has 5 heteroatoms. The smallest absolute Gasteiger partial charge is 0.201 e. The summed E-state index contributed by atoms with van der Waals surface area (Å²) in [7, 11) is 0. The van der Waals surface area contributed by atoms with E-state index in [0.29, 0.717) is 0 Å². The van der Waals surface area contributed by atoms with Crippen molar-refractivity contribution in [3.05, 3.63) is 145 Å². The first kappa shape index (κ1) is 25.9. The minimum Gasteiger partial charge on any atom is -0.454 e. The van der Waals surface area contributed by atoms with E-state index in [1.165, 1.54) is 21.5 Å². The summed E-state index contributed by atoms with van der Waals surface area (Å²) in [4.78, 5) is 7.03. The Morgan fingerprint density at radius 2 is 1.43 bits per heavy atom. The standard InChI is InChI=1S/C42H27N3O2/c1-2-9-30-27(8-1)24-36(33-11-4-3-10-32(30)33)45(29-20-21-37-35(25-29)34-13-6-23-44-42(34)47-37)28-18-16-26(17-19-28)31-12-5-14-38-40(31)41-39(46-38)15-7-22-43-41/h1-22,24-25,44H,23H2. The van der Waals surface area contributed by atoms with Crippen LogP contribution < -0.4 is 10.2 Å². The van der Waals surface area contributed by atoms with Gasteiger partial charge in [-0.05, 0) is 81.9 Å². The largest absolute Gasteiger partial charge is 0.454 e. The molecule has 1 aliphatic heterocycles. The number of benzene rings is 6. The molecule has 1 N–H and O–H groups in total. The predicted octanol–water partition coefficient (Wildman–Crippen LogP) is 11.6. The van der Waals surface area contributed by atoms with Crippen molar-refractivity contribution < 1.29 is 8.83 Å². The average Bonchev–Trinajstić information content (AvgIpc) is 3.70. The molecule has 0 aliphatic carbocycles. The molecule has 6 aromatic carbocycles. The lowest BCUT2D eigenvalue weighted by Gasteiger charge is -2.28. The van der Waals surface area contributed by atoms with Crippen LogP contribution in [0.25, 0.3) is 71.8 Å². The zero-order valence-electron chi connectivity index (χ0n) is 25.3. The zero-order valence-corrected chi connectivity index (χ0v) is 25.3. The van der Waals surface area contributed by atoms with Crippen LogP contribution in [-0.4, -0.2) is 11.5 Å². The van der Waals surface area contributed by atoms with Gasteiger partial charge in [-0.1, -0.05) is 84.9 Å². The van der Waals surface area contributed by atoms with Crippen molar-refractivity contribution in [1.29, 1.82) is 0 Å². The molecule has 0 saturated carbocycles. The van der Waals surface area contributed by atoms with Crippen molar-refractivity contribution in [2.24, 2.45) is 0 Å². The second kappa shape index (κ2) is 10.1. The quantitative estimate of drug-likeness (QED) is 0.202. The molecule has 10 rings (SSSR count). The lowest BCUT2D eigenvalue weighted by Crippen LogP contribution is -2.10. The summed E-state index contributed by atoms with van der Waals surface area (Å²) in [6.07, 6.45) is 6.11. The number of hydrogen-bond donors (Lipinski definition) is 1. The molecule has 0 bridgehead atoms. The molecule has 0 unspecified atom stereocenters. The van der Waals surface area contributed by atoms with Crippen molar-refractivity contribution >= 4 is 83.6 Å². The minimum atomic E-state index is 0.764. The van der Waals surface area contributed by atoms with Crippen LogP contribution in [0.2, 0.25) is 0 Å². The van der Waals surface area contributed by atoms with E-state index in [1.54, 1.807) is 0 Å². The summed E-state index contributed by atoms with van der Waals surface area (Å²) in [6, 6.07) is 45.0. The van der Waals surface area contributed by atoms with Crippen LogP contribution in [0.5, 0.6) is 0 Å². The van der Waals surface area contributed by atoms with Gasteiger partial charge in [0.05, 0.1) is 11.1 Å². The number of aromatic nitrogens is 1. The normalized spacial score (nSPS) is 12.7. The maximum atomic E-state index is 6.19. The highest BCUT2D eigenvalue weighted by atomic mass is 16.4. The molecule has 0 amide bonds. The van der Waals surface area contributed by atoms with Crippen LogP contribution in [0, 0.1) is 0 Å². The number of furan rings is 2. The molecule has 0 radical (unpaired) electrons. The van der Waals surface area contributed by atoms with Crippen molar-refractivity contribution in [1.82, 2.24) is 4.98 Å². The van der Waals surface area contributed by atoms with Gasteiger partial charge >= 0.3 is 0 Å². The van der Waals surface area contributed by atoms with Gasteiger partial charge in [0.15, 0.2) is 5.58 Å². The zero-order chi connectivity index (χ0) is 30.9. The van der Waals surface area contributed by atoms with Gasteiger partial charge in [-0.3, -0.25) is 4.98 Å². The number of fused-ring (bicyclic) bond motifs is 9.